The van der Waals surface area contributed by atoms with E-state index in [0.29, 0.717) is 11.8 Å². The van der Waals surface area contributed by atoms with E-state index in [1.807, 2.05) is 12.1 Å². The van der Waals surface area contributed by atoms with Gasteiger partial charge in [-0.25, -0.2) is 0 Å². The van der Waals surface area contributed by atoms with Crippen LogP contribution in [0.3, 0.4) is 0 Å². The molecule has 2 nitrogen and oxygen atoms in total. The molecule has 1 heterocycles. The van der Waals surface area contributed by atoms with Gasteiger partial charge in [0.1, 0.15) is 5.75 Å². The van der Waals surface area contributed by atoms with Crippen LogP contribution in [0.2, 0.25) is 0 Å². The fourth-order valence-electron chi connectivity index (χ4n) is 3.55. The second kappa shape index (κ2) is 7.30. The SMILES string of the molecule is CCCN(CCc1ccsc1)[C@@H]1CCc2c(O)cccc2C1. The number of benzene rings is 1. The summed E-state index contributed by atoms with van der Waals surface area (Å²) in [5, 5.41) is 14.4. The minimum atomic E-state index is 0.483. The highest BCUT2D eigenvalue weighted by molar-refractivity contribution is 7.07. The van der Waals surface area contributed by atoms with E-state index in [4.69, 9.17) is 0 Å². The molecule has 1 N–H and O–H groups in total. The molecule has 0 amide bonds. The number of aromatic hydroxyl groups is 1. The Morgan fingerprint density at radius 1 is 1.27 bits per heavy atom. The average Bonchev–Trinajstić information content (AvgIpc) is 3.05. The van der Waals surface area contributed by atoms with E-state index in [-0.39, 0.29) is 0 Å². The number of thiophene rings is 1. The Labute approximate surface area is 137 Å². The summed E-state index contributed by atoms with van der Waals surface area (Å²) in [6.07, 6.45) is 5.59. The fraction of sp³-hybridized carbons (Fsp3) is 0.474. The van der Waals surface area contributed by atoms with Gasteiger partial charge in [0.15, 0.2) is 0 Å². The predicted molar refractivity (Wildman–Crippen MR) is 93.8 cm³/mol. The van der Waals surface area contributed by atoms with Crippen LogP contribution in [0.25, 0.3) is 0 Å². The third kappa shape index (κ3) is 3.53. The Bertz CT molecular complexity index is 593. The summed E-state index contributed by atoms with van der Waals surface area (Å²) in [7, 11) is 0. The van der Waals surface area contributed by atoms with Crippen molar-refractivity contribution < 1.29 is 5.11 Å². The summed E-state index contributed by atoms with van der Waals surface area (Å²) in [6, 6.07) is 8.84. The van der Waals surface area contributed by atoms with Crippen LogP contribution in [0.5, 0.6) is 5.75 Å². The first-order valence-electron chi connectivity index (χ1n) is 8.32. The molecule has 0 saturated carbocycles. The van der Waals surface area contributed by atoms with Crippen LogP contribution in [0, 0.1) is 0 Å². The van der Waals surface area contributed by atoms with E-state index in [9.17, 15) is 5.11 Å². The van der Waals surface area contributed by atoms with E-state index in [1.165, 1.54) is 29.7 Å². The molecule has 118 valence electrons. The summed E-state index contributed by atoms with van der Waals surface area (Å²) in [5.74, 6) is 0.483. The van der Waals surface area contributed by atoms with Gasteiger partial charge in [-0.2, -0.15) is 11.3 Å². The van der Waals surface area contributed by atoms with E-state index in [1.54, 1.807) is 11.3 Å². The Balaban J connectivity index is 1.67. The summed E-state index contributed by atoms with van der Waals surface area (Å²) in [6.45, 7) is 4.58. The minimum Gasteiger partial charge on any atom is -0.508 e. The third-order valence-corrected chi connectivity index (χ3v) is 5.46. The van der Waals surface area contributed by atoms with Crippen LogP contribution >= 0.6 is 11.3 Å². The molecule has 0 radical (unpaired) electrons. The van der Waals surface area contributed by atoms with Crippen LogP contribution in [0.1, 0.15) is 36.5 Å². The monoisotopic (exact) mass is 315 g/mol. The Hall–Kier alpha value is -1.32. The van der Waals surface area contributed by atoms with Crippen molar-refractivity contribution in [3.05, 3.63) is 51.7 Å². The van der Waals surface area contributed by atoms with E-state index >= 15 is 0 Å². The smallest absolute Gasteiger partial charge is 0.119 e. The Morgan fingerprint density at radius 3 is 2.95 bits per heavy atom. The lowest BCUT2D eigenvalue weighted by atomic mass is 9.86. The van der Waals surface area contributed by atoms with Crippen LogP contribution < -0.4 is 0 Å². The lowest BCUT2D eigenvalue weighted by molar-refractivity contribution is 0.181. The number of hydrogen-bond donors (Lipinski definition) is 1. The van der Waals surface area contributed by atoms with Crippen molar-refractivity contribution in [1.82, 2.24) is 4.90 Å². The lowest BCUT2D eigenvalue weighted by Gasteiger charge is -2.35. The molecule has 3 rings (SSSR count). The summed E-state index contributed by atoms with van der Waals surface area (Å²) in [4.78, 5) is 2.66. The second-order valence-electron chi connectivity index (χ2n) is 6.23. The Kier molecular flexibility index (Phi) is 5.16. The van der Waals surface area contributed by atoms with Gasteiger partial charge >= 0.3 is 0 Å². The van der Waals surface area contributed by atoms with Crippen LogP contribution in [-0.2, 0) is 19.3 Å². The van der Waals surface area contributed by atoms with Crippen molar-refractivity contribution in [2.24, 2.45) is 0 Å². The van der Waals surface area contributed by atoms with Crippen molar-refractivity contribution in [3.8, 4) is 5.75 Å². The zero-order valence-electron chi connectivity index (χ0n) is 13.3. The molecule has 1 aromatic heterocycles. The van der Waals surface area contributed by atoms with Gasteiger partial charge in [-0.3, -0.25) is 4.90 Å². The van der Waals surface area contributed by atoms with Crippen LogP contribution in [0.15, 0.2) is 35.0 Å². The van der Waals surface area contributed by atoms with Gasteiger partial charge in [0, 0.05) is 12.6 Å². The topological polar surface area (TPSA) is 23.5 Å². The van der Waals surface area contributed by atoms with Gasteiger partial charge in [0.25, 0.3) is 0 Å². The third-order valence-electron chi connectivity index (χ3n) is 4.73. The first-order valence-corrected chi connectivity index (χ1v) is 9.27. The van der Waals surface area contributed by atoms with Crippen LogP contribution in [0.4, 0.5) is 0 Å². The first-order chi connectivity index (χ1) is 10.8. The molecule has 0 spiro atoms. The molecule has 0 unspecified atom stereocenters. The van der Waals surface area contributed by atoms with Crippen molar-refractivity contribution in [1.29, 1.82) is 0 Å². The number of fused-ring (bicyclic) bond motifs is 1. The van der Waals surface area contributed by atoms with E-state index in [0.717, 1.165) is 32.2 Å². The molecule has 1 aromatic carbocycles. The van der Waals surface area contributed by atoms with Gasteiger partial charge < -0.3 is 5.11 Å². The zero-order valence-corrected chi connectivity index (χ0v) is 14.1. The number of hydrogen-bond acceptors (Lipinski definition) is 3. The fourth-order valence-corrected chi connectivity index (χ4v) is 4.25. The quantitative estimate of drug-likeness (QED) is 0.860. The molecule has 0 bridgehead atoms. The van der Waals surface area contributed by atoms with Crippen molar-refractivity contribution in [3.63, 3.8) is 0 Å². The van der Waals surface area contributed by atoms with Crippen molar-refractivity contribution in [2.75, 3.05) is 13.1 Å². The molecule has 1 atom stereocenters. The average molecular weight is 315 g/mol. The standard InChI is InChI=1S/C19H25NOS/c1-2-10-20(11-8-15-9-12-22-14-15)17-6-7-18-16(13-17)4-3-5-19(18)21/h3-5,9,12,14,17,21H,2,6-8,10-11,13H2,1H3/t17-/m1/s1. The highest BCUT2D eigenvalue weighted by Gasteiger charge is 2.25. The molecule has 3 heteroatoms. The van der Waals surface area contributed by atoms with Crippen molar-refractivity contribution >= 4 is 11.3 Å². The molecular weight excluding hydrogens is 290 g/mol. The molecule has 0 saturated heterocycles. The zero-order chi connectivity index (χ0) is 15.4. The number of rotatable bonds is 6. The molecule has 2 aromatic rings. The molecular formula is C19H25NOS. The maximum absolute atomic E-state index is 10.0. The maximum atomic E-state index is 10.0. The summed E-state index contributed by atoms with van der Waals surface area (Å²) < 4.78 is 0. The number of phenolic OH excluding ortho intramolecular Hbond substituents is 1. The molecule has 1 aliphatic rings. The molecule has 1 aliphatic carbocycles. The van der Waals surface area contributed by atoms with Crippen molar-refractivity contribution in [2.45, 2.75) is 45.1 Å². The number of nitrogens with zero attached hydrogens (tertiary/aromatic N) is 1. The highest BCUT2D eigenvalue weighted by atomic mass is 32.1. The van der Waals surface area contributed by atoms with Crippen LogP contribution in [-0.4, -0.2) is 29.1 Å². The predicted octanol–water partition coefficient (Wildman–Crippen LogP) is 4.27. The second-order valence-corrected chi connectivity index (χ2v) is 7.01. The highest BCUT2D eigenvalue weighted by Crippen LogP contribution is 2.30. The normalized spacial score (nSPS) is 17.6. The van der Waals surface area contributed by atoms with Gasteiger partial charge in [-0.15, -0.1) is 0 Å². The van der Waals surface area contributed by atoms with E-state index in [2.05, 4.69) is 34.7 Å². The molecule has 0 aliphatic heterocycles. The largest absolute Gasteiger partial charge is 0.508 e. The minimum absolute atomic E-state index is 0.483. The summed E-state index contributed by atoms with van der Waals surface area (Å²) >= 11 is 1.79. The first kappa shape index (κ1) is 15.6. The Morgan fingerprint density at radius 2 is 2.18 bits per heavy atom. The van der Waals surface area contributed by atoms with Gasteiger partial charge in [0.05, 0.1) is 0 Å². The molecule has 0 fully saturated rings. The van der Waals surface area contributed by atoms with Gasteiger partial charge in [-0.1, -0.05) is 19.1 Å². The number of phenols is 1. The van der Waals surface area contributed by atoms with E-state index < -0.39 is 0 Å². The summed E-state index contributed by atoms with van der Waals surface area (Å²) in [5.41, 5.74) is 3.97. The van der Waals surface area contributed by atoms with Gasteiger partial charge in [0.2, 0.25) is 0 Å². The lowest BCUT2D eigenvalue weighted by Crippen LogP contribution is -2.41. The maximum Gasteiger partial charge on any atom is 0.119 e. The van der Waals surface area contributed by atoms with Gasteiger partial charge in [-0.05, 0) is 78.2 Å². The molecule has 22 heavy (non-hydrogen) atoms.